The largest absolute Gasteiger partial charge is 0.330 e. The first-order chi connectivity index (χ1) is 9.70. The third-order valence-electron chi connectivity index (χ3n) is 7.96. The fourth-order valence-electron chi connectivity index (χ4n) is 6.90. The second-order valence-corrected chi connectivity index (χ2v) is 8.45. The van der Waals surface area contributed by atoms with Crippen LogP contribution in [0.1, 0.15) is 71.1 Å². The number of rotatable bonds is 1. The van der Waals surface area contributed by atoms with Crippen molar-refractivity contribution in [2.24, 2.45) is 34.3 Å². The molecule has 4 rings (SSSR count). The molecule has 0 unspecified atom stereocenters. The zero-order valence-electron chi connectivity index (χ0n) is 13.2. The summed E-state index contributed by atoms with van der Waals surface area (Å²) >= 11 is 0. The topological polar surface area (TPSA) is 26.0 Å². The molecule has 4 aliphatic rings. The van der Waals surface area contributed by atoms with Gasteiger partial charge in [-0.25, -0.2) is 0 Å². The fourth-order valence-corrected chi connectivity index (χ4v) is 6.90. The van der Waals surface area contributed by atoms with Gasteiger partial charge in [-0.1, -0.05) is 25.0 Å². The minimum atomic E-state index is 0.549. The highest BCUT2D eigenvalue weighted by Crippen LogP contribution is 2.65. The van der Waals surface area contributed by atoms with E-state index in [2.05, 4.69) is 13.0 Å². The molecule has 1 heteroatoms. The Morgan fingerprint density at radius 1 is 1.10 bits per heavy atom. The first-order valence-electron chi connectivity index (χ1n) is 9.09. The Morgan fingerprint density at radius 2 is 2.00 bits per heavy atom. The Bertz CT molecular complexity index is 425. The molecule has 0 aliphatic heterocycles. The Morgan fingerprint density at radius 3 is 2.85 bits per heavy atom. The highest BCUT2D eigenvalue weighted by atomic mass is 14.7. The van der Waals surface area contributed by atoms with E-state index in [1.54, 1.807) is 0 Å². The molecular formula is C19H31N. The molecule has 0 spiro atoms. The van der Waals surface area contributed by atoms with Gasteiger partial charge in [0.25, 0.3) is 0 Å². The third kappa shape index (κ3) is 1.65. The highest BCUT2D eigenvalue weighted by Gasteiger charge is 2.56. The van der Waals surface area contributed by atoms with Gasteiger partial charge < -0.3 is 5.73 Å². The number of hydrogen-bond acceptors (Lipinski definition) is 1. The fraction of sp³-hybridized carbons (Fsp3) is 0.895. The number of fused-ring (bicyclic) bond motifs is 5. The van der Waals surface area contributed by atoms with E-state index in [0.29, 0.717) is 10.8 Å². The van der Waals surface area contributed by atoms with E-state index in [1.165, 1.54) is 64.2 Å². The summed E-state index contributed by atoms with van der Waals surface area (Å²) in [6.45, 7) is 3.57. The van der Waals surface area contributed by atoms with Crippen LogP contribution in [0.15, 0.2) is 11.6 Å². The van der Waals surface area contributed by atoms with Gasteiger partial charge in [-0.15, -0.1) is 0 Å². The van der Waals surface area contributed by atoms with Crippen LogP contribution in [0.2, 0.25) is 0 Å². The quantitative estimate of drug-likeness (QED) is 0.690. The Labute approximate surface area is 124 Å². The lowest BCUT2D eigenvalue weighted by molar-refractivity contribution is -0.0400. The zero-order valence-corrected chi connectivity index (χ0v) is 13.2. The van der Waals surface area contributed by atoms with Gasteiger partial charge in [-0.2, -0.15) is 0 Å². The van der Waals surface area contributed by atoms with Gasteiger partial charge in [0.1, 0.15) is 0 Å². The van der Waals surface area contributed by atoms with Crippen molar-refractivity contribution in [3.63, 3.8) is 0 Å². The maximum absolute atomic E-state index is 6.25. The molecule has 0 radical (unpaired) electrons. The molecule has 4 aliphatic carbocycles. The molecule has 0 aromatic rings. The van der Waals surface area contributed by atoms with E-state index in [0.717, 1.165) is 24.3 Å². The third-order valence-corrected chi connectivity index (χ3v) is 7.96. The normalized spacial score (nSPS) is 50.9. The number of nitrogens with two attached hydrogens (primary N) is 1. The summed E-state index contributed by atoms with van der Waals surface area (Å²) in [6.07, 6.45) is 17.0. The van der Waals surface area contributed by atoms with Gasteiger partial charge in [-0.05, 0) is 92.9 Å². The van der Waals surface area contributed by atoms with Crippen LogP contribution < -0.4 is 5.73 Å². The molecule has 20 heavy (non-hydrogen) atoms. The summed E-state index contributed by atoms with van der Waals surface area (Å²) in [5.74, 6) is 2.94. The average Bonchev–Trinajstić information content (AvgIpc) is 2.91. The number of allylic oxidation sites excluding steroid dienone is 2. The van der Waals surface area contributed by atoms with E-state index in [4.69, 9.17) is 5.73 Å². The van der Waals surface area contributed by atoms with Gasteiger partial charge in [0.05, 0.1) is 0 Å². The van der Waals surface area contributed by atoms with Crippen LogP contribution in [0.4, 0.5) is 0 Å². The lowest BCUT2D eigenvalue weighted by atomic mass is 9.47. The highest BCUT2D eigenvalue weighted by molar-refractivity contribution is 5.23. The van der Waals surface area contributed by atoms with Crippen molar-refractivity contribution in [3.05, 3.63) is 11.6 Å². The maximum Gasteiger partial charge on any atom is -0.00178 e. The van der Waals surface area contributed by atoms with E-state index in [-0.39, 0.29) is 0 Å². The van der Waals surface area contributed by atoms with E-state index >= 15 is 0 Å². The molecule has 3 fully saturated rings. The SMILES string of the molecule is C[C@]12CCCC=C1CC[C@H]1[C@@H]3CCC[C@@]3(CN)CC[C@@H]12. The van der Waals surface area contributed by atoms with Crippen molar-refractivity contribution in [3.8, 4) is 0 Å². The van der Waals surface area contributed by atoms with Crippen molar-refractivity contribution in [1.29, 1.82) is 0 Å². The van der Waals surface area contributed by atoms with E-state index < -0.39 is 0 Å². The first-order valence-corrected chi connectivity index (χ1v) is 9.09. The standard InChI is InChI=1S/C19H31N/c1-18-10-3-2-5-14(18)7-8-15-16(18)9-12-19(13-20)11-4-6-17(15)19/h5,15-17H,2-4,6-13,20H2,1H3/t15-,16+,17+,18+,19+/m1/s1. The molecule has 0 amide bonds. The second-order valence-electron chi connectivity index (χ2n) is 8.45. The van der Waals surface area contributed by atoms with Gasteiger partial charge >= 0.3 is 0 Å². The first kappa shape index (κ1) is 13.4. The van der Waals surface area contributed by atoms with Gasteiger partial charge in [-0.3, -0.25) is 0 Å². The summed E-state index contributed by atoms with van der Waals surface area (Å²) in [7, 11) is 0. The van der Waals surface area contributed by atoms with Crippen molar-refractivity contribution in [1.82, 2.24) is 0 Å². The Hall–Kier alpha value is -0.300. The lowest BCUT2D eigenvalue weighted by Gasteiger charge is -2.58. The zero-order chi connectivity index (χ0) is 13.8. The van der Waals surface area contributed by atoms with Crippen molar-refractivity contribution >= 4 is 0 Å². The molecule has 1 nitrogen and oxygen atoms in total. The molecule has 0 bridgehead atoms. The maximum atomic E-state index is 6.25. The smallest absolute Gasteiger partial charge is 0.00178 e. The molecule has 2 N–H and O–H groups in total. The van der Waals surface area contributed by atoms with Crippen molar-refractivity contribution < 1.29 is 0 Å². The molecule has 0 heterocycles. The monoisotopic (exact) mass is 273 g/mol. The van der Waals surface area contributed by atoms with Gasteiger partial charge in [0.2, 0.25) is 0 Å². The summed E-state index contributed by atoms with van der Waals surface area (Å²) in [5, 5.41) is 0. The van der Waals surface area contributed by atoms with Gasteiger partial charge in [0, 0.05) is 0 Å². The average molecular weight is 273 g/mol. The molecule has 0 aromatic carbocycles. The van der Waals surface area contributed by atoms with Crippen LogP contribution in [0, 0.1) is 28.6 Å². The summed E-state index contributed by atoms with van der Waals surface area (Å²) < 4.78 is 0. The predicted molar refractivity (Wildman–Crippen MR) is 84.3 cm³/mol. The molecular weight excluding hydrogens is 242 g/mol. The Balaban J connectivity index is 1.68. The van der Waals surface area contributed by atoms with Crippen molar-refractivity contribution in [2.45, 2.75) is 71.1 Å². The summed E-state index contributed by atoms with van der Waals surface area (Å²) in [6, 6.07) is 0. The van der Waals surface area contributed by atoms with Crippen LogP contribution in [0.5, 0.6) is 0 Å². The van der Waals surface area contributed by atoms with Crippen molar-refractivity contribution in [2.75, 3.05) is 6.54 Å². The molecule has 5 atom stereocenters. The number of hydrogen-bond donors (Lipinski definition) is 1. The minimum Gasteiger partial charge on any atom is -0.330 e. The van der Waals surface area contributed by atoms with Crippen LogP contribution in [0.25, 0.3) is 0 Å². The summed E-state index contributed by atoms with van der Waals surface area (Å²) in [5.41, 5.74) is 9.20. The lowest BCUT2D eigenvalue weighted by Crippen LogP contribution is -2.51. The van der Waals surface area contributed by atoms with Crippen LogP contribution >= 0.6 is 0 Å². The predicted octanol–water partition coefficient (Wildman–Crippen LogP) is 4.67. The second kappa shape index (κ2) is 4.60. The Kier molecular flexibility index (Phi) is 3.07. The van der Waals surface area contributed by atoms with Crippen LogP contribution in [-0.4, -0.2) is 6.54 Å². The van der Waals surface area contributed by atoms with Gasteiger partial charge in [0.15, 0.2) is 0 Å². The van der Waals surface area contributed by atoms with Crippen LogP contribution in [-0.2, 0) is 0 Å². The molecule has 0 aromatic heterocycles. The minimum absolute atomic E-state index is 0.549. The molecule has 112 valence electrons. The summed E-state index contributed by atoms with van der Waals surface area (Å²) in [4.78, 5) is 0. The van der Waals surface area contributed by atoms with E-state index in [1.807, 2.05) is 5.57 Å². The van der Waals surface area contributed by atoms with E-state index in [9.17, 15) is 0 Å². The molecule has 0 saturated heterocycles. The van der Waals surface area contributed by atoms with Crippen LogP contribution in [0.3, 0.4) is 0 Å². The molecule has 3 saturated carbocycles.